The number of rotatable bonds is 5. The first-order valence-corrected chi connectivity index (χ1v) is 5.99. The summed E-state index contributed by atoms with van der Waals surface area (Å²) >= 11 is 0. The lowest BCUT2D eigenvalue weighted by atomic mass is 10.1. The van der Waals surface area contributed by atoms with E-state index in [9.17, 15) is 0 Å². The quantitative estimate of drug-likeness (QED) is 0.778. The number of likely N-dealkylation sites (N-methyl/N-ethyl adjacent to an activating group) is 1. The highest BCUT2D eigenvalue weighted by atomic mass is 15.0. The Hall–Kier alpha value is -1.35. The third-order valence-electron chi connectivity index (χ3n) is 2.87. The summed E-state index contributed by atoms with van der Waals surface area (Å²) in [5.41, 5.74) is 3.69. The summed E-state index contributed by atoms with van der Waals surface area (Å²) in [7, 11) is 0. The number of nitrogens with zero attached hydrogens (tertiary/aromatic N) is 2. The molecule has 0 aliphatic rings. The van der Waals surface area contributed by atoms with Crippen LogP contribution in [0.4, 0.5) is 0 Å². The van der Waals surface area contributed by atoms with Gasteiger partial charge in [-0.05, 0) is 44.1 Å². The molecule has 0 saturated carbocycles. The van der Waals surface area contributed by atoms with E-state index in [1.807, 2.05) is 6.33 Å². The van der Waals surface area contributed by atoms with Crippen molar-refractivity contribution in [2.45, 2.75) is 26.8 Å². The zero-order chi connectivity index (χ0) is 11.4. The Morgan fingerprint density at radius 3 is 2.94 bits per heavy atom. The van der Waals surface area contributed by atoms with E-state index in [4.69, 9.17) is 0 Å². The van der Waals surface area contributed by atoms with Crippen LogP contribution in [0.25, 0.3) is 11.0 Å². The van der Waals surface area contributed by atoms with Crippen LogP contribution in [-0.4, -0.2) is 22.6 Å². The highest BCUT2D eigenvalue weighted by Gasteiger charge is 2.01. The molecular formula is C13H19N3. The van der Waals surface area contributed by atoms with Gasteiger partial charge in [-0.25, -0.2) is 4.98 Å². The van der Waals surface area contributed by atoms with Crippen LogP contribution < -0.4 is 5.32 Å². The third kappa shape index (κ3) is 2.25. The van der Waals surface area contributed by atoms with Gasteiger partial charge in [0.25, 0.3) is 0 Å². The first-order chi connectivity index (χ1) is 7.85. The van der Waals surface area contributed by atoms with E-state index >= 15 is 0 Å². The van der Waals surface area contributed by atoms with Crippen molar-refractivity contribution in [3.63, 3.8) is 0 Å². The zero-order valence-corrected chi connectivity index (χ0v) is 10.0. The maximum atomic E-state index is 4.42. The fraction of sp³-hybridized carbons (Fsp3) is 0.462. The molecule has 1 aromatic carbocycles. The lowest BCUT2D eigenvalue weighted by Crippen LogP contribution is -2.15. The van der Waals surface area contributed by atoms with Crippen molar-refractivity contribution in [3.8, 4) is 0 Å². The fourth-order valence-corrected chi connectivity index (χ4v) is 1.93. The average molecular weight is 217 g/mol. The summed E-state index contributed by atoms with van der Waals surface area (Å²) in [6.45, 7) is 7.32. The van der Waals surface area contributed by atoms with Gasteiger partial charge in [0, 0.05) is 6.54 Å². The Balaban J connectivity index is 2.17. The minimum atomic E-state index is 0.979. The smallest absolute Gasteiger partial charge is 0.0958 e. The van der Waals surface area contributed by atoms with E-state index in [1.165, 1.54) is 11.1 Å². The Labute approximate surface area is 96.5 Å². The molecule has 3 nitrogen and oxygen atoms in total. The highest BCUT2D eigenvalue weighted by molar-refractivity contribution is 5.76. The van der Waals surface area contributed by atoms with Crippen molar-refractivity contribution < 1.29 is 0 Å². The second-order valence-corrected chi connectivity index (χ2v) is 3.96. The molecule has 0 amide bonds. The van der Waals surface area contributed by atoms with Crippen LogP contribution in [0.15, 0.2) is 24.5 Å². The number of imidazole rings is 1. The summed E-state index contributed by atoms with van der Waals surface area (Å²) < 4.78 is 2.17. The molecule has 0 saturated heterocycles. The first-order valence-electron chi connectivity index (χ1n) is 5.99. The SMILES string of the molecule is CCNCCc1ccc2c(c1)ncn2CC. The van der Waals surface area contributed by atoms with Gasteiger partial charge < -0.3 is 9.88 Å². The molecule has 0 radical (unpaired) electrons. The number of hydrogen-bond acceptors (Lipinski definition) is 2. The average Bonchev–Trinajstić information content (AvgIpc) is 2.71. The summed E-state index contributed by atoms with van der Waals surface area (Å²) in [4.78, 5) is 4.42. The Morgan fingerprint density at radius 2 is 2.19 bits per heavy atom. The predicted octanol–water partition coefficient (Wildman–Crippen LogP) is 2.21. The number of benzene rings is 1. The molecule has 0 aliphatic heterocycles. The molecule has 0 unspecified atom stereocenters. The molecule has 1 heterocycles. The predicted molar refractivity (Wildman–Crippen MR) is 67.7 cm³/mol. The van der Waals surface area contributed by atoms with Crippen LogP contribution in [0.1, 0.15) is 19.4 Å². The summed E-state index contributed by atoms with van der Waals surface area (Å²) in [5.74, 6) is 0. The second-order valence-electron chi connectivity index (χ2n) is 3.96. The lowest BCUT2D eigenvalue weighted by Gasteiger charge is -2.03. The van der Waals surface area contributed by atoms with E-state index < -0.39 is 0 Å². The van der Waals surface area contributed by atoms with E-state index in [2.05, 4.69) is 46.9 Å². The Bertz CT molecular complexity index is 459. The van der Waals surface area contributed by atoms with Crippen LogP contribution in [0.3, 0.4) is 0 Å². The van der Waals surface area contributed by atoms with Crippen molar-refractivity contribution >= 4 is 11.0 Å². The number of aryl methyl sites for hydroxylation is 1. The number of fused-ring (bicyclic) bond motifs is 1. The van der Waals surface area contributed by atoms with Crippen LogP contribution in [-0.2, 0) is 13.0 Å². The van der Waals surface area contributed by atoms with Gasteiger partial charge in [-0.15, -0.1) is 0 Å². The summed E-state index contributed by atoms with van der Waals surface area (Å²) in [5, 5.41) is 3.34. The fourth-order valence-electron chi connectivity index (χ4n) is 1.93. The second kappa shape index (κ2) is 5.12. The van der Waals surface area contributed by atoms with E-state index in [1.54, 1.807) is 0 Å². The van der Waals surface area contributed by atoms with Gasteiger partial charge in [0.05, 0.1) is 17.4 Å². The molecule has 0 atom stereocenters. The maximum Gasteiger partial charge on any atom is 0.0958 e. The van der Waals surface area contributed by atoms with Gasteiger partial charge in [0.2, 0.25) is 0 Å². The third-order valence-corrected chi connectivity index (χ3v) is 2.87. The summed E-state index contributed by atoms with van der Waals surface area (Å²) in [6.07, 6.45) is 2.99. The largest absolute Gasteiger partial charge is 0.331 e. The van der Waals surface area contributed by atoms with Gasteiger partial charge in [-0.2, -0.15) is 0 Å². The number of aromatic nitrogens is 2. The molecule has 16 heavy (non-hydrogen) atoms. The molecular weight excluding hydrogens is 198 g/mol. The number of hydrogen-bond donors (Lipinski definition) is 1. The first kappa shape index (κ1) is 11.1. The minimum absolute atomic E-state index is 0.979. The van der Waals surface area contributed by atoms with Crippen molar-refractivity contribution in [1.82, 2.24) is 14.9 Å². The monoisotopic (exact) mass is 217 g/mol. The standard InChI is InChI=1S/C13H19N3/c1-3-14-8-7-11-5-6-13-12(9-11)15-10-16(13)4-2/h5-6,9-10,14H,3-4,7-8H2,1-2H3. The van der Waals surface area contributed by atoms with E-state index in [-0.39, 0.29) is 0 Å². The van der Waals surface area contributed by atoms with Gasteiger partial charge >= 0.3 is 0 Å². The minimum Gasteiger partial charge on any atom is -0.331 e. The van der Waals surface area contributed by atoms with Crippen molar-refractivity contribution in [3.05, 3.63) is 30.1 Å². The van der Waals surface area contributed by atoms with Crippen molar-refractivity contribution in [2.75, 3.05) is 13.1 Å². The molecule has 1 aromatic heterocycles. The van der Waals surface area contributed by atoms with Crippen LogP contribution in [0, 0.1) is 0 Å². The van der Waals surface area contributed by atoms with Gasteiger partial charge in [-0.1, -0.05) is 13.0 Å². The van der Waals surface area contributed by atoms with Gasteiger partial charge in [-0.3, -0.25) is 0 Å². The van der Waals surface area contributed by atoms with Crippen LogP contribution in [0.5, 0.6) is 0 Å². The molecule has 0 bridgehead atoms. The molecule has 86 valence electrons. The molecule has 1 N–H and O–H groups in total. The normalized spacial score (nSPS) is 11.1. The van der Waals surface area contributed by atoms with Crippen LogP contribution in [0.2, 0.25) is 0 Å². The topological polar surface area (TPSA) is 29.9 Å². The highest BCUT2D eigenvalue weighted by Crippen LogP contribution is 2.15. The van der Waals surface area contributed by atoms with Gasteiger partial charge in [0.15, 0.2) is 0 Å². The maximum absolute atomic E-state index is 4.42. The molecule has 3 heteroatoms. The van der Waals surface area contributed by atoms with Crippen molar-refractivity contribution in [1.29, 1.82) is 0 Å². The van der Waals surface area contributed by atoms with Crippen molar-refractivity contribution in [2.24, 2.45) is 0 Å². The Kier molecular flexibility index (Phi) is 3.57. The summed E-state index contributed by atoms with van der Waals surface area (Å²) in [6, 6.07) is 6.57. The molecule has 0 aliphatic carbocycles. The molecule has 0 spiro atoms. The lowest BCUT2D eigenvalue weighted by molar-refractivity contribution is 0.717. The molecule has 2 rings (SSSR count). The zero-order valence-electron chi connectivity index (χ0n) is 10.0. The Morgan fingerprint density at radius 1 is 1.31 bits per heavy atom. The van der Waals surface area contributed by atoms with Crippen LogP contribution >= 0.6 is 0 Å². The van der Waals surface area contributed by atoms with E-state index in [0.29, 0.717) is 0 Å². The molecule has 0 fully saturated rings. The molecule has 2 aromatic rings. The number of nitrogens with one attached hydrogen (secondary N) is 1. The van der Waals surface area contributed by atoms with Gasteiger partial charge in [0.1, 0.15) is 0 Å². The van der Waals surface area contributed by atoms with E-state index in [0.717, 1.165) is 31.6 Å².